The Bertz CT molecular complexity index is 324. The summed E-state index contributed by atoms with van der Waals surface area (Å²) in [6.07, 6.45) is -4.63. The number of ether oxygens (including phenoxy) is 1. The number of benzene rings is 1. The van der Waals surface area contributed by atoms with E-state index in [1.165, 1.54) is 24.3 Å². The lowest BCUT2D eigenvalue weighted by Crippen LogP contribution is -2.16. The van der Waals surface area contributed by atoms with Crippen molar-refractivity contribution in [2.75, 3.05) is 0 Å². The van der Waals surface area contributed by atoms with E-state index in [0.717, 1.165) is 11.1 Å². The van der Waals surface area contributed by atoms with Gasteiger partial charge in [-0.2, -0.15) is 0 Å². The second-order valence-corrected chi connectivity index (χ2v) is 2.85. The maximum Gasteiger partial charge on any atom is 0.573 e. The Morgan fingerprint density at radius 1 is 1.21 bits per heavy atom. The van der Waals surface area contributed by atoms with Crippen LogP contribution in [0.15, 0.2) is 30.8 Å². The van der Waals surface area contributed by atoms with E-state index in [2.05, 4.69) is 11.3 Å². The van der Waals surface area contributed by atoms with Crippen molar-refractivity contribution in [3.8, 4) is 5.75 Å². The number of hydrogen-bond donors (Lipinski definition) is 0. The molecule has 0 aromatic heterocycles. The average molecular weight is 202 g/mol. The van der Waals surface area contributed by atoms with Crippen LogP contribution in [0.2, 0.25) is 0 Å². The summed E-state index contributed by atoms with van der Waals surface area (Å²) in [6.45, 7) is 5.44. The highest BCUT2D eigenvalue weighted by atomic mass is 19.4. The Hall–Kier alpha value is -1.45. The minimum absolute atomic E-state index is 0.220. The Balaban J connectivity index is 2.79. The number of hydrogen-bond acceptors (Lipinski definition) is 1. The van der Waals surface area contributed by atoms with E-state index in [1.54, 1.807) is 6.92 Å². The normalized spacial score (nSPS) is 11.1. The SMILES string of the molecule is C=C(C)c1ccc(OC(F)(F)F)cc1. The van der Waals surface area contributed by atoms with Gasteiger partial charge < -0.3 is 4.74 Å². The van der Waals surface area contributed by atoms with E-state index in [0.29, 0.717) is 0 Å². The van der Waals surface area contributed by atoms with Crippen molar-refractivity contribution in [3.63, 3.8) is 0 Å². The van der Waals surface area contributed by atoms with Gasteiger partial charge >= 0.3 is 6.36 Å². The molecule has 0 radical (unpaired) electrons. The lowest BCUT2D eigenvalue weighted by molar-refractivity contribution is -0.274. The number of alkyl halides is 3. The van der Waals surface area contributed by atoms with Crippen LogP contribution in [-0.2, 0) is 0 Å². The van der Waals surface area contributed by atoms with Crippen molar-refractivity contribution in [3.05, 3.63) is 36.4 Å². The summed E-state index contributed by atoms with van der Waals surface area (Å²) in [6, 6.07) is 5.59. The first-order chi connectivity index (χ1) is 6.38. The Labute approximate surface area is 79.8 Å². The van der Waals surface area contributed by atoms with E-state index in [4.69, 9.17) is 0 Å². The summed E-state index contributed by atoms with van der Waals surface area (Å²) in [5.41, 5.74) is 1.59. The van der Waals surface area contributed by atoms with Crippen LogP contribution < -0.4 is 4.74 Å². The van der Waals surface area contributed by atoms with Crippen molar-refractivity contribution in [2.45, 2.75) is 13.3 Å². The van der Waals surface area contributed by atoms with E-state index < -0.39 is 6.36 Å². The molecule has 14 heavy (non-hydrogen) atoms. The zero-order valence-electron chi connectivity index (χ0n) is 7.56. The van der Waals surface area contributed by atoms with Crippen LogP contribution in [0.1, 0.15) is 12.5 Å². The third-order valence-electron chi connectivity index (χ3n) is 1.58. The molecule has 0 saturated heterocycles. The van der Waals surface area contributed by atoms with Gasteiger partial charge in [-0.05, 0) is 24.6 Å². The quantitative estimate of drug-likeness (QED) is 0.711. The standard InChI is InChI=1S/C10H9F3O/c1-7(2)8-3-5-9(6-4-8)14-10(11,12)13/h3-6H,1H2,2H3. The van der Waals surface area contributed by atoms with E-state index in [1.807, 2.05) is 0 Å². The summed E-state index contributed by atoms with van der Waals surface area (Å²) in [5.74, 6) is -0.220. The molecule has 0 fully saturated rings. The van der Waals surface area contributed by atoms with Crippen molar-refractivity contribution in [1.29, 1.82) is 0 Å². The molecule has 1 aromatic carbocycles. The first-order valence-corrected chi connectivity index (χ1v) is 3.90. The summed E-state index contributed by atoms with van der Waals surface area (Å²) in [5, 5.41) is 0. The van der Waals surface area contributed by atoms with Crippen LogP contribution in [0.25, 0.3) is 5.57 Å². The fraction of sp³-hybridized carbons (Fsp3) is 0.200. The first kappa shape index (κ1) is 10.6. The molecular formula is C10H9F3O. The van der Waals surface area contributed by atoms with Gasteiger partial charge in [0.2, 0.25) is 0 Å². The molecule has 1 nitrogen and oxygen atoms in total. The molecule has 0 aliphatic heterocycles. The third-order valence-corrected chi connectivity index (χ3v) is 1.58. The Kier molecular flexibility index (Phi) is 2.84. The third kappa shape index (κ3) is 3.12. The predicted octanol–water partition coefficient (Wildman–Crippen LogP) is 3.62. The Morgan fingerprint density at radius 3 is 2.07 bits per heavy atom. The smallest absolute Gasteiger partial charge is 0.406 e. The number of halogens is 3. The first-order valence-electron chi connectivity index (χ1n) is 3.90. The molecule has 0 bridgehead atoms. The van der Waals surface area contributed by atoms with Crippen LogP contribution in [-0.4, -0.2) is 6.36 Å². The monoisotopic (exact) mass is 202 g/mol. The van der Waals surface area contributed by atoms with Gasteiger partial charge in [0.05, 0.1) is 0 Å². The highest BCUT2D eigenvalue weighted by Crippen LogP contribution is 2.23. The van der Waals surface area contributed by atoms with E-state index >= 15 is 0 Å². The van der Waals surface area contributed by atoms with Crippen molar-refractivity contribution < 1.29 is 17.9 Å². The van der Waals surface area contributed by atoms with Crippen LogP contribution in [0.4, 0.5) is 13.2 Å². The fourth-order valence-corrected chi connectivity index (χ4v) is 0.941. The molecule has 4 heteroatoms. The second kappa shape index (κ2) is 3.74. The molecule has 0 N–H and O–H groups in total. The van der Waals surface area contributed by atoms with Gasteiger partial charge in [0.1, 0.15) is 5.75 Å². The predicted molar refractivity (Wildman–Crippen MR) is 47.8 cm³/mol. The van der Waals surface area contributed by atoms with Crippen molar-refractivity contribution in [2.24, 2.45) is 0 Å². The number of rotatable bonds is 2. The summed E-state index contributed by atoms with van der Waals surface area (Å²) in [4.78, 5) is 0. The maximum atomic E-state index is 11.8. The van der Waals surface area contributed by atoms with Gasteiger partial charge in [-0.3, -0.25) is 0 Å². The number of allylic oxidation sites excluding steroid dienone is 1. The van der Waals surface area contributed by atoms with Gasteiger partial charge in [-0.25, -0.2) is 0 Å². The Morgan fingerprint density at radius 2 is 1.71 bits per heavy atom. The molecule has 0 spiro atoms. The second-order valence-electron chi connectivity index (χ2n) is 2.85. The lowest BCUT2D eigenvalue weighted by Gasteiger charge is -2.08. The molecular weight excluding hydrogens is 193 g/mol. The maximum absolute atomic E-state index is 11.8. The summed E-state index contributed by atoms with van der Waals surface area (Å²) >= 11 is 0. The van der Waals surface area contributed by atoms with Crippen molar-refractivity contribution in [1.82, 2.24) is 0 Å². The molecule has 0 saturated carbocycles. The average Bonchev–Trinajstić information content (AvgIpc) is 2.02. The van der Waals surface area contributed by atoms with Gasteiger partial charge in [0, 0.05) is 0 Å². The van der Waals surface area contributed by atoms with Crippen LogP contribution in [0, 0.1) is 0 Å². The zero-order valence-corrected chi connectivity index (χ0v) is 7.56. The van der Waals surface area contributed by atoms with Crippen LogP contribution in [0.3, 0.4) is 0 Å². The molecule has 0 heterocycles. The van der Waals surface area contributed by atoms with Gasteiger partial charge in [0.15, 0.2) is 0 Å². The fourth-order valence-electron chi connectivity index (χ4n) is 0.941. The minimum atomic E-state index is -4.63. The summed E-state index contributed by atoms with van der Waals surface area (Å²) in [7, 11) is 0. The molecule has 0 unspecified atom stereocenters. The van der Waals surface area contributed by atoms with E-state index in [-0.39, 0.29) is 5.75 Å². The highest BCUT2D eigenvalue weighted by Gasteiger charge is 2.30. The molecule has 0 amide bonds. The topological polar surface area (TPSA) is 9.23 Å². The zero-order chi connectivity index (χ0) is 10.8. The minimum Gasteiger partial charge on any atom is -0.406 e. The van der Waals surface area contributed by atoms with Crippen LogP contribution in [0.5, 0.6) is 5.75 Å². The lowest BCUT2D eigenvalue weighted by atomic mass is 10.1. The molecule has 0 aliphatic carbocycles. The van der Waals surface area contributed by atoms with Crippen molar-refractivity contribution >= 4 is 5.57 Å². The molecule has 1 aromatic rings. The molecule has 76 valence electrons. The van der Waals surface area contributed by atoms with E-state index in [9.17, 15) is 13.2 Å². The molecule has 0 atom stereocenters. The summed E-state index contributed by atoms with van der Waals surface area (Å²) < 4.78 is 39.0. The van der Waals surface area contributed by atoms with Gasteiger partial charge in [0.25, 0.3) is 0 Å². The van der Waals surface area contributed by atoms with Gasteiger partial charge in [-0.15, -0.1) is 13.2 Å². The van der Waals surface area contributed by atoms with Gasteiger partial charge in [-0.1, -0.05) is 24.3 Å². The van der Waals surface area contributed by atoms with Crippen LogP contribution >= 0.6 is 0 Å². The molecule has 0 aliphatic rings. The molecule has 1 rings (SSSR count). The largest absolute Gasteiger partial charge is 0.573 e. The highest BCUT2D eigenvalue weighted by molar-refractivity contribution is 5.61.